The summed E-state index contributed by atoms with van der Waals surface area (Å²) in [5.74, 6) is 0.693. The van der Waals surface area contributed by atoms with Gasteiger partial charge in [-0.3, -0.25) is 0 Å². The first kappa shape index (κ1) is 24.6. The molecule has 4 heteroatoms. The van der Waals surface area contributed by atoms with Gasteiger partial charge >= 0.3 is 0 Å². The van der Waals surface area contributed by atoms with E-state index in [-0.39, 0.29) is 0 Å². The number of benzene rings is 6. The molecule has 3 heterocycles. The molecule has 206 valence electrons. The average molecular weight is 565 g/mol. The number of furan rings is 2. The van der Waals surface area contributed by atoms with E-state index < -0.39 is 0 Å². The monoisotopic (exact) mass is 564 g/mol. The zero-order valence-corrected chi connectivity index (χ0v) is 23.6. The quantitative estimate of drug-likeness (QED) is 0.213. The topological polar surface area (TPSA) is 52.1 Å². The smallest absolute Gasteiger partial charge is 0.178 e. The zero-order valence-electron chi connectivity index (χ0n) is 23.6. The molecule has 0 atom stereocenters. The van der Waals surface area contributed by atoms with Crippen LogP contribution in [0.1, 0.15) is 0 Å². The normalized spacial score (nSPS) is 11.6. The highest BCUT2D eigenvalue weighted by molar-refractivity contribution is 6.19. The summed E-state index contributed by atoms with van der Waals surface area (Å²) in [6.45, 7) is 0. The number of nitrogens with zero attached hydrogens (tertiary/aromatic N) is 2. The highest BCUT2D eigenvalue weighted by atomic mass is 16.4. The maximum absolute atomic E-state index is 6.46. The summed E-state index contributed by atoms with van der Waals surface area (Å²) in [6, 6.07) is 49.7. The molecule has 0 amide bonds. The standard InChI is InChI=1S/C40H24N2O2/c1-4-10-25(11-5-1)28-16-20-36-32(22-28)30-18-19-31-33-23-29(17-21-37(33)44-39(31)38(30)43-36)35-24-34(26-12-6-2-7-13-26)41-40(42-35)27-14-8-3-9-15-27/h1-24H. The first-order valence-corrected chi connectivity index (χ1v) is 14.7. The van der Waals surface area contributed by atoms with Crippen molar-refractivity contribution >= 4 is 43.9 Å². The molecular formula is C40H24N2O2. The lowest BCUT2D eigenvalue weighted by Gasteiger charge is -2.09. The van der Waals surface area contributed by atoms with E-state index in [4.69, 9.17) is 18.8 Å². The number of fused-ring (bicyclic) bond motifs is 7. The lowest BCUT2D eigenvalue weighted by atomic mass is 10.0. The van der Waals surface area contributed by atoms with Crippen LogP contribution in [-0.4, -0.2) is 9.97 Å². The van der Waals surface area contributed by atoms with Gasteiger partial charge in [-0.2, -0.15) is 0 Å². The third-order valence-electron chi connectivity index (χ3n) is 8.31. The van der Waals surface area contributed by atoms with E-state index in [1.165, 1.54) is 5.56 Å². The molecule has 0 saturated carbocycles. The Labute approximate surface area is 252 Å². The van der Waals surface area contributed by atoms with Crippen molar-refractivity contribution in [2.24, 2.45) is 0 Å². The van der Waals surface area contributed by atoms with Crippen LogP contribution in [0.3, 0.4) is 0 Å². The lowest BCUT2D eigenvalue weighted by Crippen LogP contribution is -1.95. The first-order valence-electron chi connectivity index (χ1n) is 14.7. The molecular weight excluding hydrogens is 540 g/mol. The summed E-state index contributed by atoms with van der Waals surface area (Å²) >= 11 is 0. The molecule has 0 aliphatic rings. The molecule has 9 rings (SSSR count). The van der Waals surface area contributed by atoms with Gasteiger partial charge in [0.15, 0.2) is 17.0 Å². The summed E-state index contributed by atoms with van der Waals surface area (Å²) in [5.41, 5.74) is 10.3. The number of hydrogen-bond acceptors (Lipinski definition) is 4. The van der Waals surface area contributed by atoms with Crippen molar-refractivity contribution in [3.63, 3.8) is 0 Å². The third-order valence-corrected chi connectivity index (χ3v) is 8.31. The van der Waals surface area contributed by atoms with E-state index in [1.807, 2.05) is 66.7 Å². The van der Waals surface area contributed by atoms with Crippen LogP contribution in [-0.2, 0) is 0 Å². The van der Waals surface area contributed by atoms with Crippen molar-refractivity contribution in [1.29, 1.82) is 0 Å². The van der Waals surface area contributed by atoms with Gasteiger partial charge in [0.1, 0.15) is 11.2 Å². The highest BCUT2D eigenvalue weighted by Gasteiger charge is 2.18. The molecule has 0 spiro atoms. The molecule has 0 saturated heterocycles. The second-order valence-corrected chi connectivity index (χ2v) is 11.0. The molecule has 0 unspecified atom stereocenters. The van der Waals surface area contributed by atoms with Crippen LogP contribution in [0.2, 0.25) is 0 Å². The minimum absolute atomic E-state index is 0.693. The van der Waals surface area contributed by atoms with Crippen molar-refractivity contribution < 1.29 is 8.83 Å². The lowest BCUT2D eigenvalue weighted by molar-refractivity contribution is 0.633. The van der Waals surface area contributed by atoms with Crippen molar-refractivity contribution in [1.82, 2.24) is 9.97 Å². The number of aromatic nitrogens is 2. The van der Waals surface area contributed by atoms with E-state index in [9.17, 15) is 0 Å². The average Bonchev–Trinajstić information content (AvgIpc) is 3.67. The van der Waals surface area contributed by atoms with Gasteiger partial charge < -0.3 is 8.83 Å². The Balaban J connectivity index is 1.21. The van der Waals surface area contributed by atoms with Gasteiger partial charge in [-0.1, -0.05) is 97.1 Å². The van der Waals surface area contributed by atoms with Crippen LogP contribution in [0.5, 0.6) is 0 Å². The molecule has 0 radical (unpaired) electrons. The van der Waals surface area contributed by atoms with E-state index in [1.54, 1.807) is 0 Å². The van der Waals surface area contributed by atoms with Crippen molar-refractivity contribution in [2.75, 3.05) is 0 Å². The van der Waals surface area contributed by atoms with Gasteiger partial charge in [0.05, 0.1) is 11.4 Å². The molecule has 0 fully saturated rings. The van der Waals surface area contributed by atoms with Crippen LogP contribution in [0.25, 0.3) is 88.9 Å². The Kier molecular flexibility index (Phi) is 5.47. The highest BCUT2D eigenvalue weighted by Crippen LogP contribution is 2.41. The van der Waals surface area contributed by atoms with Crippen LogP contribution < -0.4 is 0 Å². The molecule has 3 aromatic heterocycles. The summed E-state index contributed by atoms with van der Waals surface area (Å²) in [5, 5.41) is 4.15. The fraction of sp³-hybridized carbons (Fsp3) is 0. The molecule has 0 N–H and O–H groups in total. The van der Waals surface area contributed by atoms with Gasteiger partial charge in [-0.05, 0) is 59.7 Å². The SMILES string of the molecule is c1ccc(-c2ccc3oc4c(ccc5c6cc(-c7cc(-c8ccccc8)nc(-c8ccccc8)n7)ccc6oc54)c3c2)cc1. The third kappa shape index (κ3) is 4.00. The molecule has 0 bridgehead atoms. The number of hydrogen-bond donors (Lipinski definition) is 0. The largest absolute Gasteiger partial charge is 0.452 e. The molecule has 0 aliphatic heterocycles. The fourth-order valence-corrected chi connectivity index (χ4v) is 6.11. The summed E-state index contributed by atoms with van der Waals surface area (Å²) in [6.07, 6.45) is 0. The van der Waals surface area contributed by atoms with Crippen molar-refractivity contribution in [2.45, 2.75) is 0 Å². The van der Waals surface area contributed by atoms with Crippen molar-refractivity contribution in [3.05, 3.63) is 146 Å². The Bertz CT molecular complexity index is 2420. The van der Waals surface area contributed by atoms with E-state index in [2.05, 4.69) is 78.9 Å². The first-order chi connectivity index (χ1) is 21.8. The van der Waals surface area contributed by atoms with Gasteiger partial charge in [0.2, 0.25) is 0 Å². The Hall–Kier alpha value is -6.00. The van der Waals surface area contributed by atoms with E-state index in [0.29, 0.717) is 5.82 Å². The van der Waals surface area contributed by atoms with Crippen molar-refractivity contribution in [3.8, 4) is 45.0 Å². The minimum atomic E-state index is 0.693. The van der Waals surface area contributed by atoms with Crippen LogP contribution in [0.4, 0.5) is 0 Å². The Morgan fingerprint density at radius 3 is 1.41 bits per heavy atom. The van der Waals surface area contributed by atoms with Crippen LogP contribution in [0.15, 0.2) is 154 Å². The summed E-state index contributed by atoms with van der Waals surface area (Å²) in [4.78, 5) is 9.96. The molecule has 4 nitrogen and oxygen atoms in total. The fourth-order valence-electron chi connectivity index (χ4n) is 6.11. The predicted molar refractivity (Wildman–Crippen MR) is 178 cm³/mol. The van der Waals surface area contributed by atoms with Crippen LogP contribution >= 0.6 is 0 Å². The van der Waals surface area contributed by atoms with Gasteiger partial charge in [-0.15, -0.1) is 0 Å². The number of rotatable bonds is 4. The van der Waals surface area contributed by atoms with E-state index >= 15 is 0 Å². The summed E-state index contributed by atoms with van der Waals surface area (Å²) in [7, 11) is 0. The molecule has 0 aliphatic carbocycles. The summed E-state index contributed by atoms with van der Waals surface area (Å²) < 4.78 is 12.9. The molecule has 6 aromatic carbocycles. The second kappa shape index (κ2) is 9.79. The molecule has 9 aromatic rings. The Morgan fingerprint density at radius 1 is 0.341 bits per heavy atom. The minimum Gasteiger partial charge on any atom is -0.452 e. The Morgan fingerprint density at radius 2 is 0.818 bits per heavy atom. The predicted octanol–water partition coefficient (Wildman–Crippen LogP) is 10.9. The van der Waals surface area contributed by atoms with E-state index in [0.717, 1.165) is 77.5 Å². The van der Waals surface area contributed by atoms with Crippen LogP contribution in [0, 0.1) is 0 Å². The second-order valence-electron chi connectivity index (χ2n) is 11.0. The van der Waals surface area contributed by atoms with Gasteiger partial charge in [-0.25, -0.2) is 9.97 Å². The molecule has 44 heavy (non-hydrogen) atoms. The maximum Gasteiger partial charge on any atom is 0.178 e. The zero-order chi connectivity index (χ0) is 29.0. The maximum atomic E-state index is 6.46. The van der Waals surface area contributed by atoms with Gasteiger partial charge in [0.25, 0.3) is 0 Å². The van der Waals surface area contributed by atoms with Gasteiger partial charge in [0, 0.05) is 38.2 Å².